The first-order valence-electron chi connectivity index (χ1n) is 20.2. The van der Waals surface area contributed by atoms with Crippen molar-refractivity contribution in [3.63, 3.8) is 0 Å². The van der Waals surface area contributed by atoms with E-state index in [0.29, 0.717) is 29.0 Å². The van der Waals surface area contributed by atoms with Gasteiger partial charge in [0, 0.05) is 52.4 Å². The second-order valence-corrected chi connectivity index (χ2v) is 16.5. The second kappa shape index (κ2) is 14.4. The topological polar surface area (TPSA) is 71.7 Å². The fourth-order valence-corrected chi connectivity index (χ4v) is 7.87. The Kier molecular flexibility index (Phi) is 8.81. The van der Waals surface area contributed by atoms with Gasteiger partial charge in [-0.1, -0.05) is 121 Å². The van der Waals surface area contributed by atoms with Gasteiger partial charge in [0.2, 0.25) is 5.69 Å². The number of hydrogen-bond donors (Lipinski definition) is 0. The molecule has 0 fully saturated rings. The summed E-state index contributed by atoms with van der Waals surface area (Å²) in [6, 6.07) is 53.6. The molecule has 60 heavy (non-hydrogen) atoms. The fourth-order valence-electron chi connectivity index (χ4n) is 7.87. The van der Waals surface area contributed by atoms with E-state index >= 15 is 0 Å². The predicted molar refractivity (Wildman–Crippen MR) is 242 cm³/mol. The van der Waals surface area contributed by atoms with Gasteiger partial charge in [-0.05, 0) is 59.7 Å². The predicted octanol–water partition coefficient (Wildman–Crippen LogP) is 12.4. The lowest BCUT2D eigenvalue weighted by molar-refractivity contribution is -0.394. The van der Waals surface area contributed by atoms with Crippen molar-refractivity contribution < 1.29 is 9.31 Å². The molecule has 0 radical (unpaired) electrons. The van der Waals surface area contributed by atoms with Gasteiger partial charge in [-0.3, -0.25) is 4.57 Å². The molecule has 10 rings (SSSR count). The lowest BCUT2D eigenvalue weighted by atomic mass is 9.86. The van der Waals surface area contributed by atoms with Crippen LogP contribution in [-0.4, -0.2) is 42.1 Å². The summed E-state index contributed by atoms with van der Waals surface area (Å²) in [6.07, 6.45) is 1.83. The Bertz CT molecular complexity index is 3140. The van der Waals surface area contributed by atoms with Gasteiger partial charge in [0.05, 0.1) is 22.7 Å². The monoisotopic (exact) mass is 781 g/mol. The van der Waals surface area contributed by atoms with Gasteiger partial charge in [-0.2, -0.15) is 0 Å². The SMILES string of the molecule is Cc1ccc(-c2nc(-c3ccc(C)cc3)nc(-c3cc4c5ccccc5n(-c5ccccn5)c4cc3Oc3cc([N+]4=C=[N+](C)c5ccccc54)cc(C(C)(C)C)c3)n2)cc1. The van der Waals surface area contributed by atoms with Crippen LogP contribution >= 0.6 is 0 Å². The highest BCUT2D eigenvalue weighted by Crippen LogP contribution is 2.43. The first-order chi connectivity index (χ1) is 29.1. The van der Waals surface area contributed by atoms with Crippen LogP contribution in [0.3, 0.4) is 0 Å². The highest BCUT2D eigenvalue weighted by atomic mass is 16.5. The second-order valence-electron chi connectivity index (χ2n) is 16.5. The van der Waals surface area contributed by atoms with Gasteiger partial charge in [-0.25, -0.2) is 19.9 Å². The third-order valence-corrected chi connectivity index (χ3v) is 11.1. The van der Waals surface area contributed by atoms with Crippen molar-refractivity contribution in [2.45, 2.75) is 40.0 Å². The minimum atomic E-state index is -0.183. The molecule has 290 valence electrons. The highest BCUT2D eigenvalue weighted by Gasteiger charge is 2.34. The lowest BCUT2D eigenvalue weighted by Gasteiger charge is -2.20. The molecule has 0 spiro atoms. The van der Waals surface area contributed by atoms with Crippen molar-refractivity contribution in [3.8, 4) is 51.5 Å². The average molecular weight is 782 g/mol. The van der Waals surface area contributed by atoms with E-state index in [4.69, 9.17) is 24.7 Å². The minimum absolute atomic E-state index is 0.183. The van der Waals surface area contributed by atoms with E-state index in [-0.39, 0.29) is 5.41 Å². The number of aryl methyl sites for hydroxylation is 2. The summed E-state index contributed by atoms with van der Waals surface area (Å²) < 4.78 is 13.6. The average Bonchev–Trinajstić information content (AvgIpc) is 3.77. The number of hydrogen-bond acceptors (Lipinski definition) is 5. The van der Waals surface area contributed by atoms with Crippen LogP contribution in [-0.2, 0) is 5.41 Å². The molecule has 0 saturated carbocycles. The molecule has 0 unspecified atom stereocenters. The van der Waals surface area contributed by atoms with Crippen molar-refractivity contribution in [1.82, 2.24) is 29.1 Å². The molecule has 0 aliphatic carbocycles. The van der Waals surface area contributed by atoms with Crippen LogP contribution in [0.25, 0.3) is 61.8 Å². The molecule has 0 atom stereocenters. The molecule has 0 N–H and O–H groups in total. The maximum Gasteiger partial charge on any atom is 0.496 e. The molecule has 0 bridgehead atoms. The molecule has 0 saturated heterocycles. The van der Waals surface area contributed by atoms with Crippen molar-refractivity contribution >= 4 is 44.9 Å². The van der Waals surface area contributed by atoms with Gasteiger partial charge in [-0.15, -0.1) is 0 Å². The van der Waals surface area contributed by atoms with Crippen LogP contribution < -0.4 is 9.31 Å². The van der Waals surface area contributed by atoms with E-state index < -0.39 is 0 Å². The van der Waals surface area contributed by atoms with E-state index in [2.05, 4.69) is 177 Å². The van der Waals surface area contributed by atoms with Gasteiger partial charge in [0.25, 0.3) is 11.4 Å². The van der Waals surface area contributed by atoms with E-state index in [0.717, 1.165) is 78.1 Å². The summed E-state index contributed by atoms with van der Waals surface area (Å²) in [4.78, 5) is 20.3. The first kappa shape index (κ1) is 36.8. The third-order valence-electron chi connectivity index (χ3n) is 11.1. The van der Waals surface area contributed by atoms with Crippen LogP contribution in [0, 0.1) is 13.8 Å². The Morgan fingerprint density at radius 2 is 1.23 bits per heavy atom. The van der Waals surface area contributed by atoms with Crippen molar-refractivity contribution in [2.24, 2.45) is 0 Å². The quantitative estimate of drug-likeness (QED) is 0.151. The summed E-state index contributed by atoms with van der Waals surface area (Å²) in [5.41, 5.74) is 10.9. The van der Waals surface area contributed by atoms with Crippen LogP contribution in [0.5, 0.6) is 11.5 Å². The summed E-state index contributed by atoms with van der Waals surface area (Å²) in [7, 11) is 2.02. The molecule has 8 nitrogen and oxygen atoms in total. The number of rotatable bonds is 7. The van der Waals surface area contributed by atoms with Crippen LogP contribution in [0.2, 0.25) is 0 Å². The number of ether oxygens (including phenoxy) is 1. The first-order valence-corrected chi connectivity index (χ1v) is 20.2. The molecular weight excluding hydrogens is 739 g/mol. The highest BCUT2D eigenvalue weighted by molar-refractivity contribution is 6.11. The molecule has 8 heteroatoms. The van der Waals surface area contributed by atoms with E-state index in [1.54, 1.807) is 0 Å². The molecule has 4 heterocycles. The Hall–Kier alpha value is -7.54. The largest absolute Gasteiger partial charge is 0.496 e. The van der Waals surface area contributed by atoms with Crippen LogP contribution in [0.4, 0.5) is 17.1 Å². The molecule has 1 aliphatic rings. The molecule has 1 aliphatic heterocycles. The smallest absolute Gasteiger partial charge is 0.456 e. The van der Waals surface area contributed by atoms with Crippen molar-refractivity contribution in [1.29, 1.82) is 0 Å². The summed E-state index contributed by atoms with van der Waals surface area (Å²) in [5, 5.41) is 2.11. The number of aromatic nitrogens is 5. The number of pyridine rings is 1. The number of benzene rings is 6. The normalized spacial score (nSPS) is 12.4. The van der Waals surface area contributed by atoms with Gasteiger partial charge < -0.3 is 4.74 Å². The Morgan fingerprint density at radius 3 is 1.90 bits per heavy atom. The van der Waals surface area contributed by atoms with Gasteiger partial charge in [0.15, 0.2) is 24.5 Å². The summed E-state index contributed by atoms with van der Waals surface area (Å²) in [6.45, 7) is 10.8. The Labute approximate surface area is 349 Å². The summed E-state index contributed by atoms with van der Waals surface area (Å²) in [5.74, 6) is 3.76. The zero-order chi connectivity index (χ0) is 41.1. The molecule has 6 aromatic carbocycles. The maximum absolute atomic E-state index is 7.23. The summed E-state index contributed by atoms with van der Waals surface area (Å²) >= 11 is 0. The fraction of sp³-hybridized carbons (Fsp3) is 0.135. The zero-order valence-corrected chi connectivity index (χ0v) is 34.5. The standard InChI is InChI=1S/C52H43N7O/c1-33-18-22-35(23-19-33)49-54-50(36-24-20-34(2)21-25-36)56-51(55-49)42-30-41-40-13-7-8-14-43(40)59(48-17-11-12-26-53-48)46(41)31-47(42)60-39-28-37(52(3,4)5)27-38(29-39)58-32-57(6)44-15-9-10-16-45(44)58/h7-31H,1-6H3/q+2. The number of fused-ring (bicyclic) bond motifs is 4. The van der Waals surface area contributed by atoms with Gasteiger partial charge >= 0.3 is 6.01 Å². The van der Waals surface area contributed by atoms with Crippen molar-refractivity contribution in [3.05, 3.63) is 168 Å². The van der Waals surface area contributed by atoms with E-state index in [9.17, 15) is 0 Å². The zero-order valence-electron chi connectivity index (χ0n) is 34.5. The number of para-hydroxylation sites is 3. The Balaban J connectivity index is 1.24. The van der Waals surface area contributed by atoms with E-state index in [1.807, 2.05) is 36.0 Å². The van der Waals surface area contributed by atoms with Crippen LogP contribution in [0.1, 0.15) is 37.5 Å². The van der Waals surface area contributed by atoms with Crippen LogP contribution in [0.15, 0.2) is 152 Å². The molecule has 9 aromatic rings. The molecule has 3 aromatic heterocycles. The van der Waals surface area contributed by atoms with E-state index in [1.165, 1.54) is 0 Å². The van der Waals surface area contributed by atoms with Crippen molar-refractivity contribution in [2.75, 3.05) is 7.05 Å². The molecular formula is C52H43N7O+2. The maximum atomic E-state index is 7.23. The number of nitrogens with zero attached hydrogens (tertiary/aromatic N) is 7. The molecule has 0 amide bonds. The Morgan fingerprint density at radius 1 is 0.600 bits per heavy atom. The van der Waals surface area contributed by atoms with Gasteiger partial charge in [0.1, 0.15) is 17.3 Å². The lowest BCUT2D eigenvalue weighted by Crippen LogP contribution is -2.12. The third kappa shape index (κ3) is 6.63. The minimum Gasteiger partial charge on any atom is -0.456 e.